The first kappa shape index (κ1) is 16.1. The van der Waals surface area contributed by atoms with Crippen molar-refractivity contribution in [2.75, 3.05) is 5.32 Å². The summed E-state index contributed by atoms with van der Waals surface area (Å²) >= 11 is 0. The molecule has 138 valence electrons. The van der Waals surface area contributed by atoms with Gasteiger partial charge in [-0.25, -0.2) is 4.99 Å². The Kier molecular flexibility index (Phi) is 3.50. The second-order valence-electron chi connectivity index (χ2n) is 7.24. The van der Waals surface area contributed by atoms with Gasteiger partial charge in [0.15, 0.2) is 0 Å². The number of nitrogens with zero attached hydrogens (tertiary/aromatic N) is 3. The lowest BCUT2D eigenvalue weighted by Gasteiger charge is -2.23. The molecule has 0 saturated heterocycles. The van der Waals surface area contributed by atoms with Crippen LogP contribution in [0, 0.1) is 0 Å². The van der Waals surface area contributed by atoms with Crippen molar-refractivity contribution in [1.29, 1.82) is 0 Å². The van der Waals surface area contributed by atoms with Gasteiger partial charge in [-0.2, -0.15) is 0 Å². The Morgan fingerprint density at radius 3 is 2.41 bits per heavy atom. The van der Waals surface area contributed by atoms with E-state index in [9.17, 15) is 0 Å². The average molecular weight is 374 g/mol. The fourth-order valence-electron chi connectivity index (χ4n) is 4.20. The van der Waals surface area contributed by atoms with Gasteiger partial charge in [0.25, 0.3) is 0 Å². The van der Waals surface area contributed by atoms with E-state index in [1.165, 1.54) is 0 Å². The molecule has 4 nitrogen and oxygen atoms in total. The van der Waals surface area contributed by atoms with Gasteiger partial charge in [0, 0.05) is 28.6 Å². The van der Waals surface area contributed by atoms with Crippen LogP contribution in [0.15, 0.2) is 101 Å². The normalized spacial score (nSPS) is 16.3. The van der Waals surface area contributed by atoms with Gasteiger partial charge in [-0.1, -0.05) is 54.6 Å². The predicted octanol–water partition coefficient (Wildman–Crippen LogP) is 5.96. The van der Waals surface area contributed by atoms with E-state index in [0.717, 1.165) is 45.3 Å². The van der Waals surface area contributed by atoms with Crippen molar-refractivity contribution in [3.05, 3.63) is 102 Å². The van der Waals surface area contributed by atoms with Crippen LogP contribution in [0.4, 0.5) is 17.1 Å². The monoisotopic (exact) mass is 374 g/mol. The van der Waals surface area contributed by atoms with Crippen LogP contribution in [0.3, 0.4) is 0 Å². The van der Waals surface area contributed by atoms with E-state index < -0.39 is 0 Å². The SMILES string of the molecule is C1=Nc2ccccc2C(C2=Nc3ccccc3-c3ccccc3N2)n2cccc21. The standard InChI is InChI=1S/C25H18N4/c1-5-13-22-18(9-1)19-10-2-6-14-23(19)28-25(27-22)24-20-11-3-4-12-21(20)26-16-17-8-7-15-29(17)24/h1-16,24H,(H,27,28). The molecular weight excluding hydrogens is 356 g/mol. The Bertz CT molecular complexity index is 1300. The van der Waals surface area contributed by atoms with Crippen molar-refractivity contribution in [3.63, 3.8) is 0 Å². The molecule has 0 bridgehead atoms. The number of nitrogens with one attached hydrogen (secondary N) is 1. The predicted molar refractivity (Wildman–Crippen MR) is 119 cm³/mol. The Balaban J connectivity index is 1.62. The second-order valence-corrected chi connectivity index (χ2v) is 7.24. The van der Waals surface area contributed by atoms with Gasteiger partial charge >= 0.3 is 0 Å². The Morgan fingerprint density at radius 2 is 1.48 bits per heavy atom. The smallest absolute Gasteiger partial charge is 0.135 e. The molecule has 1 aromatic heterocycles. The summed E-state index contributed by atoms with van der Waals surface area (Å²) in [6, 6.07) is 29.0. The summed E-state index contributed by atoms with van der Waals surface area (Å²) in [4.78, 5) is 9.85. The minimum absolute atomic E-state index is 0.0992. The molecule has 6 rings (SSSR count). The zero-order chi connectivity index (χ0) is 19.2. The molecule has 1 N–H and O–H groups in total. The summed E-state index contributed by atoms with van der Waals surface area (Å²) in [5.41, 5.74) is 7.48. The van der Waals surface area contributed by atoms with Crippen LogP contribution in [0.2, 0.25) is 0 Å². The lowest BCUT2D eigenvalue weighted by atomic mass is 10.0. The molecule has 1 unspecified atom stereocenters. The van der Waals surface area contributed by atoms with Crippen LogP contribution in [-0.4, -0.2) is 16.6 Å². The molecule has 4 aromatic rings. The van der Waals surface area contributed by atoms with Crippen LogP contribution in [0.1, 0.15) is 17.3 Å². The van der Waals surface area contributed by atoms with Gasteiger partial charge in [-0.15, -0.1) is 0 Å². The highest BCUT2D eigenvalue weighted by molar-refractivity contribution is 6.08. The zero-order valence-electron chi connectivity index (χ0n) is 15.7. The third-order valence-corrected chi connectivity index (χ3v) is 5.54. The van der Waals surface area contributed by atoms with Crippen molar-refractivity contribution >= 4 is 29.1 Å². The van der Waals surface area contributed by atoms with Gasteiger partial charge in [-0.3, -0.25) is 4.99 Å². The molecule has 3 aromatic carbocycles. The summed E-state index contributed by atoms with van der Waals surface area (Å²) < 4.78 is 2.23. The minimum atomic E-state index is -0.0992. The van der Waals surface area contributed by atoms with Gasteiger partial charge < -0.3 is 9.88 Å². The van der Waals surface area contributed by atoms with Crippen molar-refractivity contribution in [3.8, 4) is 11.1 Å². The number of para-hydroxylation sites is 3. The molecule has 29 heavy (non-hydrogen) atoms. The number of hydrogen-bond donors (Lipinski definition) is 1. The third kappa shape index (κ3) is 2.53. The van der Waals surface area contributed by atoms with Crippen LogP contribution in [-0.2, 0) is 0 Å². The van der Waals surface area contributed by atoms with Crippen molar-refractivity contribution in [2.24, 2.45) is 9.98 Å². The fourth-order valence-corrected chi connectivity index (χ4v) is 4.20. The lowest BCUT2D eigenvalue weighted by Crippen LogP contribution is -2.27. The van der Waals surface area contributed by atoms with Gasteiger partial charge in [0.2, 0.25) is 0 Å². The van der Waals surface area contributed by atoms with Crippen LogP contribution in [0.25, 0.3) is 11.1 Å². The Hall–Kier alpha value is -3.92. The maximum atomic E-state index is 5.13. The van der Waals surface area contributed by atoms with E-state index >= 15 is 0 Å². The number of amidine groups is 1. The number of anilines is 1. The number of hydrogen-bond acceptors (Lipinski definition) is 3. The maximum Gasteiger partial charge on any atom is 0.135 e. The summed E-state index contributed by atoms with van der Waals surface area (Å²) in [7, 11) is 0. The van der Waals surface area contributed by atoms with E-state index in [0.29, 0.717) is 0 Å². The molecule has 4 heteroatoms. The van der Waals surface area contributed by atoms with Crippen molar-refractivity contribution < 1.29 is 0 Å². The van der Waals surface area contributed by atoms with Crippen LogP contribution in [0.5, 0.6) is 0 Å². The van der Waals surface area contributed by atoms with Gasteiger partial charge in [-0.05, 0) is 30.3 Å². The molecule has 0 spiro atoms. The number of benzene rings is 3. The first-order valence-electron chi connectivity index (χ1n) is 9.72. The van der Waals surface area contributed by atoms with E-state index in [2.05, 4.69) is 88.9 Å². The molecule has 2 aliphatic rings. The van der Waals surface area contributed by atoms with Crippen molar-refractivity contribution in [1.82, 2.24) is 4.57 Å². The largest absolute Gasteiger partial charge is 0.341 e. The van der Waals surface area contributed by atoms with Crippen LogP contribution >= 0.6 is 0 Å². The number of rotatable bonds is 1. The summed E-state index contributed by atoms with van der Waals surface area (Å²) in [5.74, 6) is 0.887. The van der Waals surface area contributed by atoms with E-state index in [1.54, 1.807) is 0 Å². The highest BCUT2D eigenvalue weighted by atomic mass is 15.1. The molecule has 0 fully saturated rings. The van der Waals surface area contributed by atoms with Gasteiger partial charge in [0.1, 0.15) is 11.9 Å². The van der Waals surface area contributed by atoms with Crippen molar-refractivity contribution in [2.45, 2.75) is 6.04 Å². The summed E-state index contributed by atoms with van der Waals surface area (Å²) in [6.07, 6.45) is 4.03. The molecule has 0 radical (unpaired) electrons. The second kappa shape index (κ2) is 6.31. The highest BCUT2D eigenvalue weighted by Gasteiger charge is 2.28. The molecule has 0 saturated carbocycles. The lowest BCUT2D eigenvalue weighted by molar-refractivity contribution is 0.738. The first-order valence-corrected chi connectivity index (χ1v) is 9.72. The maximum absolute atomic E-state index is 5.13. The van der Waals surface area contributed by atoms with Crippen LogP contribution < -0.4 is 5.32 Å². The highest BCUT2D eigenvalue weighted by Crippen LogP contribution is 2.41. The van der Waals surface area contributed by atoms with E-state index in [-0.39, 0.29) is 6.04 Å². The first-order chi connectivity index (χ1) is 14.4. The fraction of sp³-hybridized carbons (Fsp3) is 0.0400. The van der Waals surface area contributed by atoms with E-state index in [1.807, 2.05) is 18.3 Å². The molecule has 0 aliphatic carbocycles. The Morgan fingerprint density at radius 1 is 0.724 bits per heavy atom. The number of fused-ring (bicyclic) bond motifs is 5. The topological polar surface area (TPSA) is 41.7 Å². The van der Waals surface area contributed by atoms with E-state index in [4.69, 9.17) is 9.98 Å². The molecule has 1 atom stereocenters. The number of aliphatic imine (C=N–C) groups is 2. The minimum Gasteiger partial charge on any atom is -0.341 e. The average Bonchev–Trinajstić information content (AvgIpc) is 3.07. The molecule has 3 heterocycles. The quantitative estimate of drug-likeness (QED) is 0.438. The van der Waals surface area contributed by atoms with Gasteiger partial charge in [0.05, 0.1) is 23.3 Å². The zero-order valence-corrected chi connectivity index (χ0v) is 15.7. The Labute approximate surface area is 168 Å². The molecule has 0 amide bonds. The molecular formula is C25H18N4. The summed E-state index contributed by atoms with van der Waals surface area (Å²) in [6.45, 7) is 0. The number of aromatic nitrogens is 1. The molecule has 2 aliphatic heterocycles. The summed E-state index contributed by atoms with van der Waals surface area (Å²) in [5, 5.41) is 3.65. The third-order valence-electron chi connectivity index (χ3n) is 5.54.